The van der Waals surface area contributed by atoms with Gasteiger partial charge in [0, 0.05) is 6.54 Å². The van der Waals surface area contributed by atoms with Gasteiger partial charge >= 0.3 is 0 Å². The molecule has 0 amide bonds. The summed E-state index contributed by atoms with van der Waals surface area (Å²) in [5.41, 5.74) is 5.70. The topological polar surface area (TPSA) is 12.0 Å². The lowest BCUT2D eigenvalue weighted by molar-refractivity contribution is 0.420. The van der Waals surface area contributed by atoms with E-state index in [1.807, 2.05) is 0 Å². The monoisotopic (exact) mass is 265 g/mol. The Morgan fingerprint density at radius 2 is 1.90 bits per heavy atom. The maximum atomic E-state index is 3.40. The van der Waals surface area contributed by atoms with Gasteiger partial charge in [0.15, 0.2) is 0 Å². The van der Waals surface area contributed by atoms with Crippen molar-refractivity contribution >= 4 is 0 Å². The normalized spacial score (nSPS) is 15.1. The van der Waals surface area contributed by atoms with Crippen molar-refractivity contribution in [2.24, 2.45) is 0 Å². The van der Waals surface area contributed by atoms with Gasteiger partial charge in [-0.25, -0.2) is 0 Å². The second kappa shape index (κ2) is 6.23. The maximum Gasteiger partial charge on any atom is 0.0205 e. The van der Waals surface area contributed by atoms with Crippen molar-refractivity contribution in [1.82, 2.24) is 5.32 Å². The molecule has 0 saturated heterocycles. The molecule has 0 heterocycles. The molecule has 2 aromatic rings. The van der Waals surface area contributed by atoms with Crippen molar-refractivity contribution in [1.29, 1.82) is 0 Å². The minimum atomic E-state index is 0.781. The Morgan fingerprint density at radius 1 is 1.05 bits per heavy atom. The molecule has 0 spiro atoms. The molecule has 1 N–H and O–H groups in total. The van der Waals surface area contributed by atoms with Gasteiger partial charge in [-0.2, -0.15) is 0 Å². The third-order valence-corrected chi connectivity index (χ3v) is 4.32. The summed E-state index contributed by atoms with van der Waals surface area (Å²) in [5.74, 6) is 0.781. The van der Waals surface area contributed by atoms with Crippen molar-refractivity contribution in [2.45, 2.75) is 38.6 Å². The molecular weight excluding hydrogens is 242 g/mol. The van der Waals surface area contributed by atoms with Crippen molar-refractivity contribution in [3.63, 3.8) is 0 Å². The number of benzene rings is 2. The summed E-state index contributed by atoms with van der Waals surface area (Å²) in [7, 11) is 0. The van der Waals surface area contributed by atoms with Gasteiger partial charge in [0.1, 0.15) is 0 Å². The minimum absolute atomic E-state index is 0.781. The third kappa shape index (κ3) is 2.78. The predicted molar refractivity (Wildman–Crippen MR) is 85.9 cm³/mol. The van der Waals surface area contributed by atoms with E-state index in [0.717, 1.165) is 19.0 Å². The highest BCUT2D eigenvalue weighted by Gasteiger charge is 2.22. The molecule has 2 aromatic carbocycles. The first-order chi connectivity index (χ1) is 9.88. The Balaban J connectivity index is 1.92. The van der Waals surface area contributed by atoms with Gasteiger partial charge in [0.2, 0.25) is 0 Å². The zero-order valence-electron chi connectivity index (χ0n) is 12.2. The second-order valence-corrected chi connectivity index (χ2v) is 5.70. The van der Waals surface area contributed by atoms with E-state index >= 15 is 0 Å². The van der Waals surface area contributed by atoms with Crippen LogP contribution < -0.4 is 5.32 Å². The first-order valence-electron chi connectivity index (χ1n) is 7.77. The fourth-order valence-corrected chi connectivity index (χ4v) is 2.95. The van der Waals surface area contributed by atoms with Gasteiger partial charge in [-0.3, -0.25) is 0 Å². The highest BCUT2D eigenvalue weighted by Crippen LogP contribution is 2.41. The van der Waals surface area contributed by atoms with Gasteiger partial charge in [0.25, 0.3) is 0 Å². The van der Waals surface area contributed by atoms with Crippen LogP contribution in [0.4, 0.5) is 0 Å². The maximum absolute atomic E-state index is 3.40. The summed E-state index contributed by atoms with van der Waals surface area (Å²) >= 11 is 0. The van der Waals surface area contributed by atoms with Crippen LogP contribution in [0.25, 0.3) is 11.1 Å². The van der Waals surface area contributed by atoms with E-state index < -0.39 is 0 Å². The van der Waals surface area contributed by atoms with E-state index in [-0.39, 0.29) is 0 Å². The fourth-order valence-electron chi connectivity index (χ4n) is 2.95. The Morgan fingerprint density at radius 3 is 2.65 bits per heavy atom. The standard InChI is InChI=1S/C19H23N/c1-2-20-14-15-7-5-10-17(13-15)19-12-4-3-11-18(19)16-8-6-9-16/h3-5,7,10-13,16,20H,2,6,8-9,14H2,1H3. The molecule has 1 saturated carbocycles. The van der Waals surface area contributed by atoms with Crippen LogP contribution in [0.5, 0.6) is 0 Å². The Hall–Kier alpha value is -1.60. The summed E-state index contributed by atoms with van der Waals surface area (Å²) in [6.45, 7) is 4.12. The average Bonchev–Trinajstić information content (AvgIpc) is 2.44. The summed E-state index contributed by atoms with van der Waals surface area (Å²) in [5, 5.41) is 3.40. The predicted octanol–water partition coefficient (Wildman–Crippen LogP) is 4.73. The van der Waals surface area contributed by atoms with Crippen molar-refractivity contribution in [3.8, 4) is 11.1 Å². The van der Waals surface area contributed by atoms with Crippen molar-refractivity contribution < 1.29 is 0 Å². The van der Waals surface area contributed by atoms with Crippen molar-refractivity contribution in [2.75, 3.05) is 6.54 Å². The van der Waals surface area contributed by atoms with Crippen LogP contribution in [-0.2, 0) is 6.54 Å². The molecule has 0 unspecified atom stereocenters. The molecule has 104 valence electrons. The van der Waals surface area contributed by atoms with E-state index in [2.05, 4.69) is 60.8 Å². The van der Waals surface area contributed by atoms with Gasteiger partial charge < -0.3 is 5.32 Å². The average molecular weight is 265 g/mol. The first-order valence-corrected chi connectivity index (χ1v) is 7.77. The van der Waals surface area contributed by atoms with Gasteiger partial charge in [-0.05, 0) is 53.6 Å². The molecule has 0 atom stereocenters. The zero-order valence-corrected chi connectivity index (χ0v) is 12.2. The Labute approximate surface area is 122 Å². The summed E-state index contributed by atoms with van der Waals surface area (Å²) in [4.78, 5) is 0. The number of hydrogen-bond acceptors (Lipinski definition) is 1. The third-order valence-electron chi connectivity index (χ3n) is 4.32. The van der Waals surface area contributed by atoms with Gasteiger partial charge in [-0.1, -0.05) is 55.8 Å². The zero-order chi connectivity index (χ0) is 13.8. The molecule has 1 aliphatic rings. The van der Waals surface area contributed by atoms with Crippen LogP contribution in [0.2, 0.25) is 0 Å². The SMILES string of the molecule is CCNCc1cccc(-c2ccccc2C2CCC2)c1. The summed E-state index contributed by atoms with van der Waals surface area (Å²) in [6, 6.07) is 17.9. The van der Waals surface area contributed by atoms with Crippen LogP contribution in [-0.4, -0.2) is 6.54 Å². The van der Waals surface area contributed by atoms with Crippen LogP contribution in [0.1, 0.15) is 43.2 Å². The molecule has 1 nitrogen and oxygen atoms in total. The molecule has 1 heteroatoms. The van der Waals surface area contributed by atoms with E-state index in [4.69, 9.17) is 0 Å². The second-order valence-electron chi connectivity index (χ2n) is 5.70. The van der Waals surface area contributed by atoms with E-state index in [0.29, 0.717) is 0 Å². The quantitative estimate of drug-likeness (QED) is 0.824. The number of hydrogen-bond donors (Lipinski definition) is 1. The van der Waals surface area contributed by atoms with E-state index in [1.165, 1.54) is 36.0 Å². The molecule has 0 aliphatic heterocycles. The summed E-state index contributed by atoms with van der Waals surface area (Å²) < 4.78 is 0. The lowest BCUT2D eigenvalue weighted by atomic mass is 9.77. The van der Waals surface area contributed by atoms with E-state index in [1.54, 1.807) is 5.56 Å². The molecular formula is C19H23N. The molecule has 3 rings (SSSR count). The Kier molecular flexibility index (Phi) is 4.17. The largest absolute Gasteiger partial charge is 0.313 e. The van der Waals surface area contributed by atoms with E-state index in [9.17, 15) is 0 Å². The van der Waals surface area contributed by atoms with Crippen LogP contribution in [0.3, 0.4) is 0 Å². The number of nitrogens with one attached hydrogen (secondary N) is 1. The molecule has 0 radical (unpaired) electrons. The molecule has 0 bridgehead atoms. The minimum Gasteiger partial charge on any atom is -0.313 e. The Bertz CT molecular complexity index is 569. The van der Waals surface area contributed by atoms with Crippen molar-refractivity contribution in [3.05, 3.63) is 59.7 Å². The van der Waals surface area contributed by atoms with Gasteiger partial charge in [-0.15, -0.1) is 0 Å². The lowest BCUT2D eigenvalue weighted by Crippen LogP contribution is -2.12. The van der Waals surface area contributed by atoms with Crippen LogP contribution in [0.15, 0.2) is 48.5 Å². The number of rotatable bonds is 5. The molecule has 20 heavy (non-hydrogen) atoms. The lowest BCUT2D eigenvalue weighted by Gasteiger charge is -2.28. The fraction of sp³-hybridized carbons (Fsp3) is 0.368. The van der Waals surface area contributed by atoms with Crippen LogP contribution in [0, 0.1) is 0 Å². The summed E-state index contributed by atoms with van der Waals surface area (Å²) in [6.07, 6.45) is 4.10. The highest BCUT2D eigenvalue weighted by atomic mass is 14.8. The molecule has 0 aromatic heterocycles. The smallest absolute Gasteiger partial charge is 0.0205 e. The van der Waals surface area contributed by atoms with Crippen LogP contribution >= 0.6 is 0 Å². The molecule has 1 fully saturated rings. The first kappa shape index (κ1) is 13.4. The highest BCUT2D eigenvalue weighted by molar-refractivity contribution is 5.69. The van der Waals surface area contributed by atoms with Gasteiger partial charge in [0.05, 0.1) is 0 Å². The molecule has 1 aliphatic carbocycles.